The highest BCUT2D eigenvalue weighted by atomic mass is 32.1. The van der Waals surface area contributed by atoms with Crippen molar-refractivity contribution in [3.05, 3.63) is 28.2 Å². The van der Waals surface area contributed by atoms with E-state index in [0.717, 1.165) is 11.4 Å². The van der Waals surface area contributed by atoms with E-state index < -0.39 is 0 Å². The summed E-state index contributed by atoms with van der Waals surface area (Å²) in [5.41, 5.74) is 0.574. The molecule has 26 heavy (non-hydrogen) atoms. The quantitative estimate of drug-likeness (QED) is 0.702. The van der Waals surface area contributed by atoms with Crippen LogP contribution in [0.4, 0.5) is 10.8 Å². The molecule has 2 aromatic rings. The van der Waals surface area contributed by atoms with Gasteiger partial charge in [-0.3, -0.25) is 9.69 Å². The number of benzene rings is 1. The van der Waals surface area contributed by atoms with Crippen molar-refractivity contribution in [3.8, 4) is 5.75 Å². The van der Waals surface area contributed by atoms with Crippen molar-refractivity contribution >= 4 is 40.3 Å². The molecule has 0 saturated carbocycles. The number of ether oxygens (including phenoxy) is 1. The van der Waals surface area contributed by atoms with Gasteiger partial charge in [0, 0.05) is 5.54 Å². The molecule has 142 valence electrons. The normalized spacial score (nSPS) is 11.5. The van der Waals surface area contributed by atoms with Gasteiger partial charge in [-0.2, -0.15) is 0 Å². The molecule has 0 bridgehead atoms. The summed E-state index contributed by atoms with van der Waals surface area (Å²) >= 11 is 6.76. The predicted octanol–water partition coefficient (Wildman–Crippen LogP) is 3.23. The van der Waals surface area contributed by atoms with Gasteiger partial charge in [0.1, 0.15) is 5.75 Å². The number of nitrogens with zero attached hydrogens (tertiary/aromatic N) is 3. The Kier molecular flexibility index (Phi) is 6.74. The zero-order chi connectivity index (χ0) is 19.3. The zero-order valence-corrected chi connectivity index (χ0v) is 17.3. The Morgan fingerprint density at radius 2 is 2.08 bits per heavy atom. The summed E-state index contributed by atoms with van der Waals surface area (Å²) in [5, 5.41) is 11.3. The summed E-state index contributed by atoms with van der Waals surface area (Å²) in [7, 11) is 3.48. The van der Waals surface area contributed by atoms with Crippen LogP contribution in [0.3, 0.4) is 0 Å². The molecule has 7 nitrogen and oxygen atoms in total. The first kappa shape index (κ1) is 20.3. The van der Waals surface area contributed by atoms with E-state index in [9.17, 15) is 4.79 Å². The third-order valence-electron chi connectivity index (χ3n) is 3.26. The number of nitrogens with one attached hydrogen (secondary N) is 2. The van der Waals surface area contributed by atoms with E-state index >= 15 is 0 Å². The van der Waals surface area contributed by atoms with Gasteiger partial charge in [-0.05, 0) is 52.2 Å². The molecule has 1 heterocycles. The monoisotopic (exact) mass is 395 g/mol. The van der Waals surface area contributed by atoms with E-state index in [-0.39, 0.29) is 18.0 Å². The lowest BCUT2D eigenvalue weighted by Crippen LogP contribution is -2.45. The average Bonchev–Trinajstić information content (AvgIpc) is 2.85. The van der Waals surface area contributed by atoms with Gasteiger partial charge in [-0.1, -0.05) is 23.5 Å². The number of rotatable bonds is 7. The van der Waals surface area contributed by atoms with E-state index in [0.29, 0.717) is 15.8 Å². The number of para-hydroxylation sites is 2. The van der Waals surface area contributed by atoms with E-state index in [1.807, 2.05) is 57.0 Å². The molecule has 0 atom stereocenters. The lowest BCUT2D eigenvalue weighted by atomic mass is 10.1. The van der Waals surface area contributed by atoms with Gasteiger partial charge in [-0.25, -0.2) is 4.68 Å². The fourth-order valence-electron chi connectivity index (χ4n) is 2.29. The van der Waals surface area contributed by atoms with Gasteiger partial charge in [0.25, 0.3) is 0 Å². The first-order valence-corrected chi connectivity index (χ1v) is 9.38. The fourth-order valence-corrected chi connectivity index (χ4v) is 3.30. The number of likely N-dealkylation sites (N-methyl/N-ethyl adjacent to an activating group) is 1. The molecule has 0 aliphatic heterocycles. The molecular formula is C17H25N5O2S2. The number of methoxy groups -OCH3 is 1. The topological polar surface area (TPSA) is 71.4 Å². The van der Waals surface area contributed by atoms with Crippen molar-refractivity contribution in [2.45, 2.75) is 33.0 Å². The second-order valence-electron chi connectivity index (χ2n) is 6.95. The second-order valence-corrected chi connectivity index (χ2v) is 8.57. The van der Waals surface area contributed by atoms with E-state index in [1.165, 1.54) is 11.3 Å². The fraction of sp³-hybridized carbons (Fsp3) is 0.471. The van der Waals surface area contributed by atoms with Crippen LogP contribution in [0.25, 0.3) is 0 Å². The minimum absolute atomic E-state index is 0.0332. The number of carbonyl (C=O) groups excluding carboxylic acids is 1. The molecule has 1 aromatic heterocycles. The Bertz CT molecular complexity index is 810. The summed E-state index contributed by atoms with van der Waals surface area (Å²) < 4.78 is 7.66. The number of anilines is 2. The van der Waals surface area contributed by atoms with Gasteiger partial charge in [0.15, 0.2) is 3.95 Å². The molecule has 0 spiro atoms. The largest absolute Gasteiger partial charge is 0.495 e. The van der Waals surface area contributed by atoms with Crippen molar-refractivity contribution in [2.24, 2.45) is 0 Å². The van der Waals surface area contributed by atoms with E-state index in [2.05, 4.69) is 15.7 Å². The lowest BCUT2D eigenvalue weighted by molar-refractivity contribution is -0.123. The van der Waals surface area contributed by atoms with Gasteiger partial charge in [-0.15, -0.1) is 5.10 Å². The standard InChI is InChI=1S/C17H25N5O2S2/c1-17(2,3)19-14(23)10-21(4)11-22-16(25)26-15(20-22)18-12-8-6-7-9-13(12)24-5/h6-9H,10-11H2,1-5H3,(H,18,20)(H,19,23). The Morgan fingerprint density at radius 1 is 1.38 bits per heavy atom. The highest BCUT2D eigenvalue weighted by molar-refractivity contribution is 7.73. The minimum Gasteiger partial charge on any atom is -0.495 e. The maximum Gasteiger partial charge on any atom is 0.234 e. The van der Waals surface area contributed by atoms with Crippen LogP contribution in [0.2, 0.25) is 0 Å². The minimum atomic E-state index is -0.249. The Morgan fingerprint density at radius 3 is 2.73 bits per heavy atom. The molecule has 1 aromatic carbocycles. The smallest absolute Gasteiger partial charge is 0.234 e. The molecule has 0 aliphatic rings. The Hall–Kier alpha value is -1.97. The number of hydrogen-bond acceptors (Lipinski definition) is 7. The molecule has 0 radical (unpaired) electrons. The van der Waals surface area contributed by atoms with E-state index in [4.69, 9.17) is 17.0 Å². The predicted molar refractivity (Wildman–Crippen MR) is 108 cm³/mol. The SMILES string of the molecule is COc1ccccc1Nc1nn(CN(C)CC(=O)NC(C)(C)C)c(=S)s1. The summed E-state index contributed by atoms with van der Waals surface area (Å²) in [6.45, 7) is 6.57. The van der Waals surface area contributed by atoms with Crippen molar-refractivity contribution in [2.75, 3.05) is 26.0 Å². The van der Waals surface area contributed by atoms with Gasteiger partial charge in [0.2, 0.25) is 11.0 Å². The van der Waals surface area contributed by atoms with Crippen LogP contribution in [0.15, 0.2) is 24.3 Å². The molecule has 0 saturated heterocycles. The maximum absolute atomic E-state index is 12.0. The van der Waals surface area contributed by atoms with Gasteiger partial charge in [0.05, 0.1) is 26.0 Å². The van der Waals surface area contributed by atoms with Crippen LogP contribution in [0.1, 0.15) is 20.8 Å². The number of carbonyl (C=O) groups is 1. The van der Waals surface area contributed by atoms with Gasteiger partial charge < -0.3 is 15.4 Å². The third kappa shape index (κ3) is 6.08. The summed E-state index contributed by atoms with van der Waals surface area (Å²) in [6, 6.07) is 7.61. The molecule has 0 aliphatic carbocycles. The van der Waals surface area contributed by atoms with Crippen LogP contribution in [-0.2, 0) is 11.5 Å². The number of hydrogen-bond donors (Lipinski definition) is 2. The van der Waals surface area contributed by atoms with Gasteiger partial charge >= 0.3 is 0 Å². The maximum atomic E-state index is 12.0. The highest BCUT2D eigenvalue weighted by Crippen LogP contribution is 2.28. The van der Waals surface area contributed by atoms with Crippen LogP contribution in [-0.4, -0.2) is 46.8 Å². The zero-order valence-electron chi connectivity index (χ0n) is 15.7. The van der Waals surface area contributed by atoms with Crippen molar-refractivity contribution in [1.82, 2.24) is 20.0 Å². The lowest BCUT2D eigenvalue weighted by Gasteiger charge is -2.23. The first-order valence-electron chi connectivity index (χ1n) is 8.15. The molecule has 0 fully saturated rings. The second kappa shape index (κ2) is 8.61. The number of aromatic nitrogens is 2. The summed E-state index contributed by atoms with van der Waals surface area (Å²) in [5.74, 6) is 0.699. The molecule has 2 rings (SSSR count). The Labute approximate surface area is 163 Å². The molecule has 0 unspecified atom stereocenters. The molecule has 2 N–H and O–H groups in total. The summed E-state index contributed by atoms with van der Waals surface area (Å²) in [4.78, 5) is 13.9. The summed E-state index contributed by atoms with van der Waals surface area (Å²) in [6.07, 6.45) is 0. The van der Waals surface area contributed by atoms with Crippen molar-refractivity contribution in [1.29, 1.82) is 0 Å². The highest BCUT2D eigenvalue weighted by Gasteiger charge is 2.16. The van der Waals surface area contributed by atoms with E-state index in [1.54, 1.807) is 11.8 Å². The van der Waals surface area contributed by atoms with Crippen LogP contribution >= 0.6 is 23.6 Å². The van der Waals surface area contributed by atoms with Crippen LogP contribution < -0.4 is 15.4 Å². The molecule has 1 amide bonds. The average molecular weight is 396 g/mol. The third-order valence-corrected chi connectivity index (χ3v) is 4.48. The van der Waals surface area contributed by atoms with Crippen molar-refractivity contribution < 1.29 is 9.53 Å². The van der Waals surface area contributed by atoms with Crippen LogP contribution in [0.5, 0.6) is 5.75 Å². The van der Waals surface area contributed by atoms with Crippen LogP contribution in [0, 0.1) is 3.95 Å². The van der Waals surface area contributed by atoms with Crippen molar-refractivity contribution in [3.63, 3.8) is 0 Å². The Balaban J connectivity index is 2.01. The molecular weight excluding hydrogens is 370 g/mol. The first-order chi connectivity index (χ1) is 12.2. The molecule has 9 heteroatoms. The number of amides is 1.